The van der Waals surface area contributed by atoms with Gasteiger partial charge in [-0.1, -0.05) is 30.3 Å². The molecule has 1 aliphatic rings. The third kappa shape index (κ3) is 3.88. The summed E-state index contributed by atoms with van der Waals surface area (Å²) in [6.07, 6.45) is 1.73. The van der Waals surface area contributed by atoms with Crippen LogP contribution in [0.3, 0.4) is 0 Å². The summed E-state index contributed by atoms with van der Waals surface area (Å²) < 4.78 is 11.1. The summed E-state index contributed by atoms with van der Waals surface area (Å²) in [4.78, 5) is 18.1. The summed E-state index contributed by atoms with van der Waals surface area (Å²) in [5.41, 5.74) is 2.65. The van der Waals surface area contributed by atoms with Gasteiger partial charge in [0.05, 0.1) is 30.1 Å². The fraction of sp³-hybridized carbons (Fsp3) is 0.115. The van der Waals surface area contributed by atoms with Crippen molar-refractivity contribution in [1.29, 1.82) is 0 Å². The molecule has 0 radical (unpaired) electrons. The number of carbonyl (C=O) groups is 1. The molecule has 0 bridgehead atoms. The van der Waals surface area contributed by atoms with E-state index in [-0.39, 0.29) is 11.8 Å². The van der Waals surface area contributed by atoms with Gasteiger partial charge in [-0.05, 0) is 60.7 Å². The van der Waals surface area contributed by atoms with Crippen LogP contribution in [0.1, 0.15) is 33.9 Å². The molecule has 4 aromatic rings. The van der Waals surface area contributed by atoms with Crippen LogP contribution in [-0.2, 0) is 4.74 Å². The summed E-state index contributed by atoms with van der Waals surface area (Å²) in [6, 6.07) is 22.8. The molecule has 0 saturated carbocycles. The van der Waals surface area contributed by atoms with Crippen LogP contribution < -0.4 is 10.2 Å². The minimum Gasteiger partial charge on any atom is -0.506 e. The third-order valence-electron chi connectivity index (χ3n) is 5.75. The van der Waals surface area contributed by atoms with E-state index < -0.39 is 12.0 Å². The molecule has 2 atom stereocenters. The second-order valence-electron chi connectivity index (χ2n) is 7.76. The smallest absolute Gasteiger partial charge is 0.337 e. The number of phenols is 1. The van der Waals surface area contributed by atoms with E-state index in [1.165, 1.54) is 7.11 Å². The maximum Gasteiger partial charge on any atom is 0.337 e. The van der Waals surface area contributed by atoms with E-state index in [2.05, 4.69) is 10.3 Å². The van der Waals surface area contributed by atoms with Crippen LogP contribution in [0, 0.1) is 0 Å². The van der Waals surface area contributed by atoms with Gasteiger partial charge in [0.1, 0.15) is 23.3 Å². The van der Waals surface area contributed by atoms with Crippen LogP contribution in [-0.4, -0.2) is 28.3 Å². The van der Waals surface area contributed by atoms with E-state index in [4.69, 9.17) is 21.4 Å². The summed E-state index contributed by atoms with van der Waals surface area (Å²) in [7, 11) is 1.35. The van der Waals surface area contributed by atoms with E-state index in [0.717, 1.165) is 11.3 Å². The number of esters is 1. The van der Waals surface area contributed by atoms with Crippen LogP contribution >= 0.6 is 12.2 Å². The number of furan rings is 1. The molecule has 34 heavy (non-hydrogen) atoms. The number of anilines is 1. The van der Waals surface area contributed by atoms with Crippen molar-refractivity contribution < 1.29 is 19.1 Å². The van der Waals surface area contributed by atoms with Crippen LogP contribution in [0.25, 0.3) is 11.3 Å². The number of ether oxygens (including phenoxy) is 1. The molecule has 0 unspecified atom stereocenters. The largest absolute Gasteiger partial charge is 0.506 e. The number of rotatable bonds is 5. The number of pyridine rings is 1. The molecule has 0 spiro atoms. The lowest BCUT2D eigenvalue weighted by molar-refractivity contribution is 0.0600. The second-order valence-corrected chi connectivity index (χ2v) is 8.14. The van der Waals surface area contributed by atoms with Gasteiger partial charge >= 0.3 is 5.97 Å². The molecule has 0 aliphatic carbocycles. The first-order valence-corrected chi connectivity index (χ1v) is 11.0. The SMILES string of the molecule is COC(=O)c1ccc(-c2ccc([C@@H]3[C@H](c4ccccn4)NC(=S)N3c3ccccc3O)o2)cc1. The number of benzene rings is 2. The highest BCUT2D eigenvalue weighted by atomic mass is 32.1. The molecule has 1 aliphatic heterocycles. The lowest BCUT2D eigenvalue weighted by atomic mass is 10.0. The van der Waals surface area contributed by atoms with Crippen molar-refractivity contribution in [3.8, 4) is 17.1 Å². The number of phenolic OH excluding ortho intramolecular Hbond substituents is 1. The van der Waals surface area contributed by atoms with Crippen molar-refractivity contribution in [2.45, 2.75) is 12.1 Å². The number of methoxy groups -OCH3 is 1. The number of thiocarbonyl (C=S) groups is 1. The molecule has 0 amide bonds. The lowest BCUT2D eigenvalue weighted by Crippen LogP contribution is -2.29. The fourth-order valence-electron chi connectivity index (χ4n) is 4.13. The van der Waals surface area contributed by atoms with Crippen molar-refractivity contribution >= 4 is 29.0 Å². The van der Waals surface area contributed by atoms with Gasteiger partial charge in [-0.25, -0.2) is 4.79 Å². The highest BCUT2D eigenvalue weighted by molar-refractivity contribution is 7.80. The van der Waals surface area contributed by atoms with Crippen LogP contribution in [0.2, 0.25) is 0 Å². The molecule has 170 valence electrons. The van der Waals surface area contributed by atoms with E-state index >= 15 is 0 Å². The fourth-order valence-corrected chi connectivity index (χ4v) is 4.47. The predicted molar refractivity (Wildman–Crippen MR) is 132 cm³/mol. The normalized spacial score (nSPS) is 17.4. The van der Waals surface area contributed by atoms with Crippen LogP contribution in [0.5, 0.6) is 5.75 Å². The van der Waals surface area contributed by atoms with Crippen molar-refractivity contribution in [2.24, 2.45) is 0 Å². The van der Waals surface area contributed by atoms with Crippen LogP contribution in [0.15, 0.2) is 89.5 Å². The first-order valence-electron chi connectivity index (χ1n) is 10.6. The van der Waals surface area contributed by atoms with Crippen molar-refractivity contribution in [2.75, 3.05) is 12.0 Å². The summed E-state index contributed by atoms with van der Waals surface area (Å²) in [5.74, 6) is 1.01. The topological polar surface area (TPSA) is 87.8 Å². The van der Waals surface area contributed by atoms with E-state index in [0.29, 0.717) is 27.9 Å². The minimum absolute atomic E-state index is 0.114. The Hall–Kier alpha value is -4.17. The van der Waals surface area contributed by atoms with Gasteiger partial charge in [-0.2, -0.15) is 0 Å². The van der Waals surface area contributed by atoms with Gasteiger partial charge in [0, 0.05) is 11.8 Å². The number of hydrogen-bond acceptors (Lipinski definition) is 6. The Morgan fingerprint density at radius 3 is 2.53 bits per heavy atom. The van der Waals surface area contributed by atoms with E-state index in [9.17, 15) is 9.90 Å². The second kappa shape index (κ2) is 8.99. The molecular formula is C26H21N3O4S. The zero-order valence-corrected chi connectivity index (χ0v) is 19.0. The maximum atomic E-state index is 11.7. The number of para-hydroxylation sites is 2. The molecule has 2 aromatic carbocycles. The Kier molecular flexibility index (Phi) is 5.73. The van der Waals surface area contributed by atoms with Crippen molar-refractivity contribution in [3.63, 3.8) is 0 Å². The number of aromatic nitrogens is 1. The molecule has 7 nitrogen and oxygen atoms in total. The zero-order chi connectivity index (χ0) is 23.7. The average molecular weight is 472 g/mol. The zero-order valence-electron chi connectivity index (χ0n) is 18.2. The molecule has 1 fully saturated rings. The number of carbonyl (C=O) groups excluding carboxylic acids is 1. The number of nitrogens with one attached hydrogen (secondary N) is 1. The van der Waals surface area contributed by atoms with Gasteiger partial charge in [0.15, 0.2) is 5.11 Å². The third-order valence-corrected chi connectivity index (χ3v) is 6.06. The standard InChI is InChI=1S/C26H21N3O4S/c1-32-25(31)17-11-9-16(10-12-17)21-13-14-22(33-21)24-23(18-6-4-5-15-27-18)28-26(34)29(24)19-7-2-3-8-20(19)30/h2-15,23-24,30H,1H3,(H,28,34)/t23-,24+/m0/s1. The molecule has 3 heterocycles. The van der Waals surface area contributed by atoms with Gasteiger partial charge in [0.2, 0.25) is 0 Å². The highest BCUT2D eigenvalue weighted by Gasteiger charge is 2.43. The Balaban J connectivity index is 1.56. The Morgan fingerprint density at radius 2 is 1.82 bits per heavy atom. The molecule has 2 aromatic heterocycles. The molecule has 8 heteroatoms. The van der Waals surface area contributed by atoms with E-state index in [1.807, 2.05) is 59.5 Å². The van der Waals surface area contributed by atoms with Crippen molar-refractivity contribution in [3.05, 3.63) is 102 Å². The Labute approximate surface area is 201 Å². The van der Waals surface area contributed by atoms with Gasteiger partial charge < -0.3 is 24.5 Å². The average Bonchev–Trinajstić information content (AvgIpc) is 3.49. The van der Waals surface area contributed by atoms with Gasteiger partial charge in [-0.3, -0.25) is 4.98 Å². The molecule has 1 saturated heterocycles. The number of aromatic hydroxyl groups is 1. The number of nitrogens with zero attached hydrogens (tertiary/aromatic N) is 2. The number of hydrogen-bond donors (Lipinski definition) is 2. The monoisotopic (exact) mass is 471 g/mol. The summed E-state index contributed by atoms with van der Waals surface area (Å²) in [5, 5.41) is 14.4. The van der Waals surface area contributed by atoms with Crippen molar-refractivity contribution in [1.82, 2.24) is 10.3 Å². The quantitative estimate of drug-likeness (QED) is 0.310. The summed E-state index contributed by atoms with van der Waals surface area (Å²) in [6.45, 7) is 0. The molecule has 5 rings (SSSR count). The molecule has 2 N–H and O–H groups in total. The first-order chi connectivity index (χ1) is 16.6. The Morgan fingerprint density at radius 1 is 1.06 bits per heavy atom. The first kappa shape index (κ1) is 21.7. The van der Waals surface area contributed by atoms with Crippen LogP contribution in [0.4, 0.5) is 5.69 Å². The minimum atomic E-state index is -0.395. The summed E-state index contributed by atoms with van der Waals surface area (Å²) >= 11 is 5.68. The predicted octanol–water partition coefficient (Wildman–Crippen LogP) is 5.01. The molecular weight excluding hydrogens is 450 g/mol. The highest BCUT2D eigenvalue weighted by Crippen LogP contribution is 2.45. The van der Waals surface area contributed by atoms with Gasteiger partial charge in [-0.15, -0.1) is 0 Å². The lowest BCUT2D eigenvalue weighted by Gasteiger charge is -2.26. The maximum absolute atomic E-state index is 11.7. The van der Waals surface area contributed by atoms with Gasteiger partial charge in [0.25, 0.3) is 0 Å². The Bertz CT molecular complexity index is 1340. The van der Waals surface area contributed by atoms with E-state index in [1.54, 1.807) is 30.5 Å².